The van der Waals surface area contributed by atoms with Crippen molar-refractivity contribution in [1.29, 1.82) is 0 Å². The van der Waals surface area contributed by atoms with E-state index in [0.717, 1.165) is 64.8 Å². The number of halogens is 1. The number of rotatable bonds is 11. The van der Waals surface area contributed by atoms with Gasteiger partial charge in [0.15, 0.2) is 6.29 Å². The molecule has 3 N–H and O–H groups in total. The SMILES string of the molecule is COC(=O)Nc1ccc(-c2cnc(C3CC(OC4CCCCO4)c4cc(-c5cc(Cl)ccc5N)cnc43)n2COCC[Si-](C)(C)C)cc1. The van der Waals surface area contributed by atoms with Crippen molar-refractivity contribution < 1.29 is 23.7 Å². The summed E-state index contributed by atoms with van der Waals surface area (Å²) in [6.07, 6.45) is 6.34. The van der Waals surface area contributed by atoms with Crippen molar-refractivity contribution >= 4 is 37.1 Å². The highest BCUT2D eigenvalue weighted by molar-refractivity contribution is 6.76. The number of nitrogens with zero attached hydrogens (tertiary/aromatic N) is 3. The van der Waals surface area contributed by atoms with Gasteiger partial charge in [-0.15, -0.1) is 14.1 Å². The van der Waals surface area contributed by atoms with Gasteiger partial charge in [0.1, 0.15) is 12.6 Å². The van der Waals surface area contributed by atoms with Crippen LogP contribution in [0.4, 0.5) is 16.2 Å². The Bertz CT molecular complexity index is 1740. The number of pyridine rings is 1. The second-order valence-corrected chi connectivity index (χ2v) is 19.7. The van der Waals surface area contributed by atoms with Crippen LogP contribution in [0.15, 0.2) is 60.9 Å². The summed E-state index contributed by atoms with van der Waals surface area (Å²) in [6, 6.07) is 16.3. The van der Waals surface area contributed by atoms with E-state index in [1.165, 1.54) is 7.11 Å². The van der Waals surface area contributed by atoms with Crippen LogP contribution in [-0.2, 0) is 25.7 Å². The Morgan fingerprint density at radius 1 is 1.08 bits per heavy atom. The number of aromatic nitrogens is 3. The van der Waals surface area contributed by atoms with Crippen molar-refractivity contribution in [1.82, 2.24) is 14.5 Å². The maximum atomic E-state index is 11.7. The zero-order valence-electron chi connectivity index (χ0n) is 28.0. The van der Waals surface area contributed by atoms with Gasteiger partial charge in [0.2, 0.25) is 0 Å². The Labute approximate surface area is 287 Å². The molecule has 255 valence electrons. The van der Waals surface area contributed by atoms with E-state index >= 15 is 0 Å². The van der Waals surface area contributed by atoms with Crippen molar-refractivity contribution in [2.75, 3.05) is 31.4 Å². The number of amides is 1. The standard InChI is InChI=1S/C36H44ClN5O5Si/c1-44-36(43)41-26-11-8-23(9-12-26)31-21-40-35(42(31)22-45-15-16-48(2,3)4)29-19-32(47-33-7-5-6-14-46-33)28-17-24(20-39-34(28)29)27-18-25(37)10-13-30(27)38/h8-13,17-18,20-21,29,32-33H,5-7,14-16,19,22,38H2,1-4H3,(H,41,43)/q-1. The molecule has 0 saturated carbocycles. The third-order valence-corrected chi connectivity index (χ3v) is 10.8. The van der Waals surface area contributed by atoms with Crippen LogP contribution in [0.25, 0.3) is 22.4 Å². The predicted molar refractivity (Wildman–Crippen MR) is 191 cm³/mol. The molecule has 4 aromatic rings. The number of carbonyl (C=O) groups excluding carboxylic acids is 1. The van der Waals surface area contributed by atoms with Crippen LogP contribution in [0.2, 0.25) is 30.7 Å². The minimum absolute atomic E-state index is 0.144. The Morgan fingerprint density at radius 2 is 1.90 bits per heavy atom. The van der Waals surface area contributed by atoms with E-state index in [2.05, 4.69) is 35.6 Å². The monoisotopic (exact) mass is 689 g/mol. The van der Waals surface area contributed by atoms with E-state index in [9.17, 15) is 4.79 Å². The summed E-state index contributed by atoms with van der Waals surface area (Å²) in [5, 5.41) is 3.32. The summed E-state index contributed by atoms with van der Waals surface area (Å²) in [5.41, 5.74) is 13.1. The summed E-state index contributed by atoms with van der Waals surface area (Å²) in [5.74, 6) is 0.711. The third kappa shape index (κ3) is 7.93. The van der Waals surface area contributed by atoms with Gasteiger partial charge in [-0.1, -0.05) is 23.7 Å². The molecule has 6 rings (SSSR count). The molecule has 0 spiro atoms. The highest BCUT2D eigenvalue weighted by Gasteiger charge is 2.39. The molecule has 1 aliphatic carbocycles. The minimum Gasteiger partial charge on any atom is -0.453 e. The van der Waals surface area contributed by atoms with Crippen LogP contribution < -0.4 is 11.1 Å². The number of hydrogen-bond acceptors (Lipinski definition) is 8. The molecule has 1 amide bonds. The zero-order valence-corrected chi connectivity index (χ0v) is 29.8. The normalized spacial score (nSPS) is 19.2. The largest absolute Gasteiger partial charge is 0.453 e. The Hall–Kier alpha value is -3.74. The van der Waals surface area contributed by atoms with E-state index in [-0.39, 0.29) is 18.3 Å². The first-order valence-electron chi connectivity index (χ1n) is 16.5. The fourth-order valence-electron chi connectivity index (χ4n) is 6.24. The number of methoxy groups -OCH3 is 1. The average molecular weight is 690 g/mol. The molecule has 12 heteroatoms. The van der Waals surface area contributed by atoms with Crippen molar-refractivity contribution in [2.45, 2.75) is 76.4 Å². The zero-order chi connectivity index (χ0) is 33.8. The summed E-state index contributed by atoms with van der Waals surface area (Å²) in [4.78, 5) is 21.8. The van der Waals surface area contributed by atoms with Crippen LogP contribution in [0.5, 0.6) is 0 Å². The quantitative estimate of drug-likeness (QED) is 0.0914. The predicted octanol–water partition coefficient (Wildman–Crippen LogP) is 8.46. The molecule has 2 aliphatic rings. The number of nitrogen functional groups attached to an aromatic ring is 1. The fraction of sp³-hybridized carbons (Fsp3) is 0.417. The van der Waals surface area contributed by atoms with Crippen molar-refractivity contribution in [3.8, 4) is 22.4 Å². The molecule has 3 atom stereocenters. The van der Waals surface area contributed by atoms with Crippen LogP contribution in [0.1, 0.15) is 54.8 Å². The number of nitrogens with two attached hydrogens (primary N) is 1. The lowest BCUT2D eigenvalue weighted by atomic mass is 10.0. The molecule has 2 aromatic carbocycles. The summed E-state index contributed by atoms with van der Waals surface area (Å²) in [6.45, 7) is 8.74. The van der Waals surface area contributed by atoms with Gasteiger partial charge in [-0.05, 0) is 67.6 Å². The molecule has 1 fully saturated rings. The molecule has 1 saturated heterocycles. The summed E-state index contributed by atoms with van der Waals surface area (Å²) < 4.78 is 25.9. The number of carbonyl (C=O) groups is 1. The second kappa shape index (κ2) is 14.8. The number of hydrogen-bond donors (Lipinski definition) is 2. The van der Waals surface area contributed by atoms with Crippen molar-refractivity contribution in [2.24, 2.45) is 0 Å². The van der Waals surface area contributed by atoms with Crippen LogP contribution in [0.3, 0.4) is 0 Å². The van der Waals surface area contributed by atoms with Gasteiger partial charge in [-0.3, -0.25) is 10.3 Å². The van der Waals surface area contributed by atoms with Crippen molar-refractivity contribution in [3.63, 3.8) is 0 Å². The number of benzene rings is 2. The van der Waals surface area contributed by atoms with E-state index in [0.29, 0.717) is 42.8 Å². The topological polar surface area (TPSA) is 123 Å². The Morgan fingerprint density at radius 3 is 2.62 bits per heavy atom. The maximum Gasteiger partial charge on any atom is 0.411 e. The number of anilines is 2. The van der Waals surface area contributed by atoms with Crippen LogP contribution in [0, 0.1) is 0 Å². The van der Waals surface area contributed by atoms with Gasteiger partial charge >= 0.3 is 6.09 Å². The Kier molecular flexibility index (Phi) is 10.5. The average Bonchev–Trinajstić information content (AvgIpc) is 3.65. The van der Waals surface area contributed by atoms with E-state index in [1.54, 1.807) is 6.07 Å². The first-order valence-corrected chi connectivity index (χ1v) is 20.6. The first-order chi connectivity index (χ1) is 23.1. The third-order valence-electron chi connectivity index (χ3n) is 8.88. The Balaban J connectivity index is 1.37. The summed E-state index contributed by atoms with van der Waals surface area (Å²) in [7, 11) is 0.0520. The van der Waals surface area contributed by atoms with Gasteiger partial charge in [-0.25, -0.2) is 9.78 Å². The molecule has 0 radical (unpaired) electrons. The molecule has 48 heavy (non-hydrogen) atoms. The van der Waals surface area contributed by atoms with Crippen molar-refractivity contribution in [3.05, 3.63) is 83.0 Å². The number of ether oxygens (including phenoxy) is 4. The van der Waals surface area contributed by atoms with E-state index in [1.807, 2.05) is 48.8 Å². The van der Waals surface area contributed by atoms with Crippen LogP contribution >= 0.6 is 11.6 Å². The smallest absolute Gasteiger partial charge is 0.411 e. The fourth-order valence-corrected chi connectivity index (χ4v) is 7.17. The lowest BCUT2D eigenvalue weighted by molar-refractivity contribution is -0.189. The molecule has 10 nitrogen and oxygen atoms in total. The van der Waals surface area contributed by atoms with E-state index in [4.69, 9.17) is 46.3 Å². The molecule has 0 bridgehead atoms. The van der Waals surface area contributed by atoms with Gasteiger partial charge in [0.05, 0.1) is 36.7 Å². The highest BCUT2D eigenvalue weighted by atomic mass is 35.5. The molecular weight excluding hydrogens is 646 g/mol. The first kappa shape index (κ1) is 34.1. The van der Waals surface area contributed by atoms with Gasteiger partial charge < -0.3 is 29.2 Å². The molecule has 1 aliphatic heterocycles. The van der Waals surface area contributed by atoms with E-state index < -0.39 is 14.2 Å². The lowest BCUT2D eigenvalue weighted by Gasteiger charge is -2.27. The molecule has 3 unspecified atom stereocenters. The van der Waals surface area contributed by atoms with Gasteiger partial charge in [-0.2, -0.15) is 19.6 Å². The molecule has 3 heterocycles. The highest BCUT2D eigenvalue weighted by Crippen LogP contribution is 2.47. The second-order valence-electron chi connectivity index (χ2n) is 13.6. The number of imidazole rings is 1. The van der Waals surface area contributed by atoms with Gasteiger partial charge in [0.25, 0.3) is 0 Å². The molecular formula is C36H44ClN5O5Si-. The molecule has 2 aromatic heterocycles. The number of nitrogens with one attached hydrogen (secondary N) is 1. The lowest BCUT2D eigenvalue weighted by Crippen LogP contribution is -2.24. The minimum atomic E-state index is -1.29. The van der Waals surface area contributed by atoms with Crippen LogP contribution in [-0.4, -0.2) is 55.3 Å². The van der Waals surface area contributed by atoms with Gasteiger partial charge in [0, 0.05) is 52.5 Å². The number of fused-ring (bicyclic) bond motifs is 1. The maximum absolute atomic E-state index is 11.7. The summed E-state index contributed by atoms with van der Waals surface area (Å²) >= 11 is 6.37.